The second-order valence-corrected chi connectivity index (χ2v) is 11.0. The van der Waals surface area contributed by atoms with E-state index >= 15 is 0 Å². The van der Waals surface area contributed by atoms with Crippen LogP contribution in [0.2, 0.25) is 0 Å². The number of oxazole rings is 1. The van der Waals surface area contributed by atoms with Crippen LogP contribution in [0, 0.1) is 29.1 Å². The number of para-hydroxylation sites is 1. The maximum atomic E-state index is 9.71. The Kier molecular flexibility index (Phi) is 4.99. The molecule has 2 heterocycles. The van der Waals surface area contributed by atoms with Gasteiger partial charge < -0.3 is 9.73 Å². The van der Waals surface area contributed by atoms with Gasteiger partial charge in [0.15, 0.2) is 0 Å². The molecule has 36 heavy (non-hydrogen) atoms. The summed E-state index contributed by atoms with van der Waals surface area (Å²) in [7, 11) is 0. The number of nitrogens with zero attached hydrogens (tertiary/aromatic N) is 4. The summed E-state index contributed by atoms with van der Waals surface area (Å²) in [5, 5.41) is 18.4. The molecule has 0 atom stereocenters. The fourth-order valence-corrected chi connectivity index (χ4v) is 7.49. The first-order valence-electron chi connectivity index (χ1n) is 13.0. The molecule has 4 aromatic rings. The molecule has 0 saturated heterocycles. The molecular weight excluding hydrogens is 446 g/mol. The molecule has 4 bridgehead atoms. The Morgan fingerprint density at radius 2 is 1.58 bits per heavy atom. The topological polar surface area (TPSA) is 79.7 Å². The van der Waals surface area contributed by atoms with Crippen LogP contribution in [0.3, 0.4) is 0 Å². The highest BCUT2D eigenvalue weighted by Crippen LogP contribution is 2.61. The van der Waals surface area contributed by atoms with Gasteiger partial charge in [0.1, 0.15) is 6.07 Å². The van der Waals surface area contributed by atoms with Gasteiger partial charge >= 0.3 is 0 Å². The number of hydrogen-bond acceptors (Lipinski definition) is 5. The maximum Gasteiger partial charge on any atom is 0.232 e. The molecule has 0 amide bonds. The van der Waals surface area contributed by atoms with E-state index in [0.717, 1.165) is 29.0 Å². The number of nitrogens with one attached hydrogen (secondary N) is 1. The Hall–Kier alpha value is -3.85. The average Bonchev–Trinajstić information content (AvgIpc) is 3.53. The van der Waals surface area contributed by atoms with Crippen molar-refractivity contribution in [2.45, 2.75) is 50.5 Å². The molecule has 2 aromatic heterocycles. The van der Waals surface area contributed by atoms with Gasteiger partial charge in [-0.05, 0) is 80.5 Å². The summed E-state index contributed by atoms with van der Waals surface area (Å²) >= 11 is 0. The lowest BCUT2D eigenvalue weighted by Crippen LogP contribution is -2.49. The molecule has 0 aliphatic heterocycles. The van der Waals surface area contributed by atoms with Gasteiger partial charge in [-0.3, -0.25) is 0 Å². The zero-order valence-electron chi connectivity index (χ0n) is 20.2. The number of nitriles is 1. The third kappa shape index (κ3) is 3.62. The fourth-order valence-electron chi connectivity index (χ4n) is 7.49. The number of hydrogen-bond donors (Lipinski definition) is 1. The highest BCUT2D eigenvalue weighted by atomic mass is 16.4. The van der Waals surface area contributed by atoms with Crippen LogP contribution < -0.4 is 5.32 Å². The van der Waals surface area contributed by atoms with Crippen molar-refractivity contribution < 1.29 is 4.42 Å². The van der Waals surface area contributed by atoms with Crippen LogP contribution in [0.15, 0.2) is 71.3 Å². The van der Waals surface area contributed by atoms with Crippen LogP contribution in [0.1, 0.15) is 55.5 Å². The van der Waals surface area contributed by atoms with Gasteiger partial charge in [0.25, 0.3) is 0 Å². The van der Waals surface area contributed by atoms with Gasteiger partial charge in [-0.25, -0.2) is 4.68 Å². The van der Waals surface area contributed by atoms with Gasteiger partial charge in [0.05, 0.1) is 11.4 Å². The summed E-state index contributed by atoms with van der Waals surface area (Å²) < 4.78 is 8.06. The highest BCUT2D eigenvalue weighted by molar-refractivity contribution is 5.58. The Morgan fingerprint density at radius 3 is 2.22 bits per heavy atom. The summed E-state index contributed by atoms with van der Waals surface area (Å²) in [5.41, 5.74) is 4.79. The van der Waals surface area contributed by atoms with Crippen molar-refractivity contribution in [1.82, 2.24) is 14.8 Å². The minimum atomic E-state index is 0.167. The Balaban J connectivity index is 1.24. The summed E-state index contributed by atoms with van der Waals surface area (Å²) in [6.45, 7) is 0.544. The van der Waals surface area contributed by atoms with E-state index in [-0.39, 0.29) is 11.1 Å². The van der Waals surface area contributed by atoms with Crippen LogP contribution in [0.25, 0.3) is 17.1 Å². The molecule has 6 heteroatoms. The Labute approximate surface area is 211 Å². The Morgan fingerprint density at radius 1 is 0.944 bits per heavy atom. The number of benzene rings is 2. The lowest BCUT2D eigenvalue weighted by molar-refractivity contribution is -0.00770. The normalized spacial score (nSPS) is 26.1. The van der Waals surface area contributed by atoms with E-state index in [1.54, 1.807) is 0 Å². The standard InChI is InChI=1S/C30H29N5O/c31-17-26-29(36-28(33-26)23-7-3-1-4-8-23)32-18-24-19-35(25-9-5-2-6-10-25)34-27(24)30-14-20-11-21(15-30)13-22(12-20)16-30/h1-10,19-22,32H,11-16,18H2. The molecule has 4 aliphatic carbocycles. The van der Waals surface area contributed by atoms with Crippen molar-refractivity contribution in [3.8, 4) is 23.2 Å². The predicted octanol–water partition coefficient (Wildman–Crippen LogP) is 6.48. The van der Waals surface area contributed by atoms with Crippen LogP contribution in [0.4, 0.5) is 5.88 Å². The summed E-state index contributed by atoms with van der Waals surface area (Å²) in [4.78, 5) is 4.43. The molecule has 2 aromatic carbocycles. The van der Waals surface area contributed by atoms with Crippen LogP contribution in [-0.2, 0) is 12.0 Å². The van der Waals surface area contributed by atoms with E-state index in [4.69, 9.17) is 9.52 Å². The second-order valence-electron chi connectivity index (χ2n) is 11.0. The van der Waals surface area contributed by atoms with E-state index in [1.807, 2.05) is 41.1 Å². The third-order valence-corrected chi connectivity index (χ3v) is 8.54. The molecule has 0 radical (unpaired) electrons. The molecular formula is C30H29N5O. The van der Waals surface area contributed by atoms with Gasteiger partial charge in [0, 0.05) is 29.3 Å². The largest absolute Gasteiger partial charge is 0.419 e. The average molecular weight is 476 g/mol. The molecule has 8 rings (SSSR count). The molecule has 4 fully saturated rings. The predicted molar refractivity (Wildman–Crippen MR) is 137 cm³/mol. The minimum Gasteiger partial charge on any atom is -0.419 e. The molecule has 0 spiro atoms. The number of aromatic nitrogens is 3. The first-order chi connectivity index (χ1) is 17.7. The minimum absolute atomic E-state index is 0.167. The lowest BCUT2D eigenvalue weighted by atomic mass is 9.48. The molecule has 4 aliphatic rings. The molecule has 0 unspecified atom stereocenters. The number of anilines is 1. The fraction of sp³-hybridized carbons (Fsp3) is 0.367. The first kappa shape index (κ1) is 21.4. The van der Waals surface area contributed by atoms with Crippen molar-refractivity contribution in [3.63, 3.8) is 0 Å². The van der Waals surface area contributed by atoms with Gasteiger partial charge in [0.2, 0.25) is 17.5 Å². The van der Waals surface area contributed by atoms with Crippen LogP contribution in [-0.4, -0.2) is 14.8 Å². The Bertz CT molecular complexity index is 1390. The van der Waals surface area contributed by atoms with Gasteiger partial charge in [-0.15, -0.1) is 0 Å². The molecule has 1 N–H and O–H groups in total. The van der Waals surface area contributed by atoms with E-state index in [0.29, 0.717) is 18.3 Å². The maximum absolute atomic E-state index is 9.71. The van der Waals surface area contributed by atoms with E-state index in [2.05, 4.69) is 46.8 Å². The molecule has 180 valence electrons. The highest BCUT2D eigenvalue weighted by Gasteiger charge is 2.53. The number of rotatable bonds is 6. The van der Waals surface area contributed by atoms with Crippen molar-refractivity contribution >= 4 is 5.88 Å². The van der Waals surface area contributed by atoms with E-state index < -0.39 is 0 Å². The zero-order chi connectivity index (χ0) is 24.1. The quantitative estimate of drug-likeness (QED) is 0.345. The summed E-state index contributed by atoms with van der Waals surface area (Å²) in [6, 6.07) is 22.2. The first-order valence-corrected chi connectivity index (χ1v) is 13.0. The summed E-state index contributed by atoms with van der Waals surface area (Å²) in [5.74, 6) is 3.39. The van der Waals surface area contributed by atoms with Crippen LogP contribution >= 0.6 is 0 Å². The van der Waals surface area contributed by atoms with E-state index in [9.17, 15) is 5.26 Å². The zero-order valence-corrected chi connectivity index (χ0v) is 20.2. The van der Waals surface area contributed by atoms with Crippen molar-refractivity contribution in [2.75, 3.05) is 5.32 Å². The van der Waals surface area contributed by atoms with E-state index in [1.165, 1.54) is 49.8 Å². The third-order valence-electron chi connectivity index (χ3n) is 8.54. The second kappa shape index (κ2) is 8.37. The van der Waals surface area contributed by atoms with Gasteiger partial charge in [-0.2, -0.15) is 15.3 Å². The van der Waals surface area contributed by atoms with Crippen molar-refractivity contribution in [1.29, 1.82) is 5.26 Å². The van der Waals surface area contributed by atoms with Crippen LogP contribution in [0.5, 0.6) is 0 Å². The van der Waals surface area contributed by atoms with Gasteiger partial charge in [-0.1, -0.05) is 36.4 Å². The monoisotopic (exact) mass is 475 g/mol. The molecule has 4 saturated carbocycles. The molecule has 6 nitrogen and oxygen atoms in total. The smallest absolute Gasteiger partial charge is 0.232 e. The van der Waals surface area contributed by atoms with Crippen molar-refractivity contribution in [2.24, 2.45) is 17.8 Å². The lowest BCUT2D eigenvalue weighted by Gasteiger charge is -2.56. The SMILES string of the molecule is N#Cc1nc(-c2ccccc2)oc1NCc1cn(-c2ccccc2)nc1C12CC3CC(CC(C3)C1)C2. The van der Waals surface area contributed by atoms with Crippen molar-refractivity contribution in [3.05, 3.63) is 83.8 Å². The summed E-state index contributed by atoms with van der Waals surface area (Å²) in [6.07, 6.45) is 10.1.